The lowest BCUT2D eigenvalue weighted by atomic mass is 10.1. The fourth-order valence-corrected chi connectivity index (χ4v) is 2.19. The van der Waals surface area contributed by atoms with Crippen molar-refractivity contribution in [2.45, 2.75) is 19.4 Å². The molecule has 17 heavy (non-hydrogen) atoms. The van der Waals surface area contributed by atoms with Gasteiger partial charge in [-0.15, -0.1) is 11.3 Å². The summed E-state index contributed by atoms with van der Waals surface area (Å²) in [5.74, 6) is -1.78. The van der Waals surface area contributed by atoms with E-state index >= 15 is 0 Å². The molecule has 0 radical (unpaired) electrons. The lowest BCUT2D eigenvalue weighted by Gasteiger charge is -2.08. The quantitative estimate of drug-likeness (QED) is 0.914. The number of benzene rings is 1. The highest BCUT2D eigenvalue weighted by Crippen LogP contribution is 2.21. The summed E-state index contributed by atoms with van der Waals surface area (Å²) in [5, 5.41) is 12.5. The van der Waals surface area contributed by atoms with Gasteiger partial charge in [0.15, 0.2) is 11.6 Å². The number of aliphatic hydroxyl groups excluding tert-OH is 1. The lowest BCUT2D eigenvalue weighted by Crippen LogP contribution is -2.03. The van der Waals surface area contributed by atoms with Crippen LogP contribution in [0.4, 0.5) is 8.78 Å². The molecule has 0 aliphatic heterocycles. The Kier molecular flexibility index (Phi) is 3.49. The summed E-state index contributed by atoms with van der Waals surface area (Å²) in [4.78, 5) is 4.15. The second-order valence-corrected chi connectivity index (χ2v) is 4.82. The molecule has 1 unspecified atom stereocenters. The molecule has 2 nitrogen and oxygen atoms in total. The molecule has 1 aromatic heterocycles. The fraction of sp³-hybridized carbons (Fsp3) is 0.250. The van der Waals surface area contributed by atoms with Gasteiger partial charge in [-0.3, -0.25) is 0 Å². The highest BCUT2D eigenvalue weighted by molar-refractivity contribution is 7.09. The van der Waals surface area contributed by atoms with E-state index in [1.807, 2.05) is 6.92 Å². The molecule has 90 valence electrons. The molecule has 5 heteroatoms. The van der Waals surface area contributed by atoms with Gasteiger partial charge in [-0.25, -0.2) is 13.8 Å². The Morgan fingerprint density at radius 3 is 2.71 bits per heavy atom. The van der Waals surface area contributed by atoms with E-state index in [1.54, 1.807) is 5.38 Å². The molecule has 2 rings (SSSR count). The van der Waals surface area contributed by atoms with Crippen LogP contribution >= 0.6 is 11.3 Å². The van der Waals surface area contributed by atoms with Gasteiger partial charge in [-0.1, -0.05) is 6.07 Å². The second kappa shape index (κ2) is 4.89. The molecule has 0 saturated heterocycles. The van der Waals surface area contributed by atoms with Crippen LogP contribution in [0.3, 0.4) is 0 Å². The van der Waals surface area contributed by atoms with E-state index in [9.17, 15) is 13.9 Å². The van der Waals surface area contributed by atoms with Crippen molar-refractivity contribution in [3.63, 3.8) is 0 Å². The number of aryl methyl sites for hydroxylation is 1. The molecule has 0 aliphatic rings. The molecule has 0 aliphatic carbocycles. The highest BCUT2D eigenvalue weighted by atomic mass is 32.1. The third kappa shape index (κ3) is 2.87. The van der Waals surface area contributed by atoms with E-state index in [0.717, 1.165) is 17.1 Å². The van der Waals surface area contributed by atoms with Crippen LogP contribution < -0.4 is 0 Å². The van der Waals surface area contributed by atoms with Gasteiger partial charge in [0, 0.05) is 11.8 Å². The van der Waals surface area contributed by atoms with Crippen molar-refractivity contribution in [1.29, 1.82) is 0 Å². The number of aromatic nitrogens is 1. The van der Waals surface area contributed by atoms with Gasteiger partial charge >= 0.3 is 0 Å². The largest absolute Gasteiger partial charge is 0.386 e. The van der Waals surface area contributed by atoms with Crippen molar-refractivity contribution < 1.29 is 13.9 Å². The number of hydrogen-bond acceptors (Lipinski definition) is 3. The number of halogens is 2. The Labute approximate surface area is 102 Å². The van der Waals surface area contributed by atoms with Crippen molar-refractivity contribution in [1.82, 2.24) is 4.98 Å². The van der Waals surface area contributed by atoms with Crippen LogP contribution in [0.1, 0.15) is 22.4 Å². The summed E-state index contributed by atoms with van der Waals surface area (Å²) in [6.45, 7) is 1.85. The molecule has 1 heterocycles. The zero-order chi connectivity index (χ0) is 12.4. The summed E-state index contributed by atoms with van der Waals surface area (Å²) >= 11 is 1.44. The molecule has 0 amide bonds. The van der Waals surface area contributed by atoms with Gasteiger partial charge in [0.1, 0.15) is 6.10 Å². The minimum atomic E-state index is -0.899. The van der Waals surface area contributed by atoms with Gasteiger partial charge in [0.05, 0.1) is 10.7 Å². The van der Waals surface area contributed by atoms with Crippen LogP contribution in [0, 0.1) is 18.6 Å². The number of nitrogens with zero attached hydrogens (tertiary/aromatic N) is 1. The Balaban J connectivity index is 2.12. The number of thiazole rings is 1. The minimum Gasteiger partial charge on any atom is -0.386 e. The molecular formula is C12H11F2NOS. The molecule has 0 bridgehead atoms. The maximum atomic E-state index is 13.0. The lowest BCUT2D eigenvalue weighted by molar-refractivity contribution is 0.174. The number of rotatable bonds is 3. The van der Waals surface area contributed by atoms with Crippen LogP contribution in [-0.2, 0) is 6.42 Å². The summed E-state index contributed by atoms with van der Waals surface area (Å²) < 4.78 is 25.7. The van der Waals surface area contributed by atoms with Crippen LogP contribution in [0.5, 0.6) is 0 Å². The molecule has 0 spiro atoms. The van der Waals surface area contributed by atoms with E-state index < -0.39 is 17.7 Å². The maximum Gasteiger partial charge on any atom is 0.159 e. The van der Waals surface area contributed by atoms with Gasteiger partial charge < -0.3 is 5.11 Å². The van der Waals surface area contributed by atoms with Gasteiger partial charge in [-0.05, 0) is 24.6 Å². The van der Waals surface area contributed by atoms with Gasteiger partial charge in [0.2, 0.25) is 0 Å². The SMILES string of the molecule is Cc1nc(C(O)Cc2ccc(F)c(F)c2)cs1. The Morgan fingerprint density at radius 1 is 1.35 bits per heavy atom. The topological polar surface area (TPSA) is 33.1 Å². The van der Waals surface area contributed by atoms with E-state index in [1.165, 1.54) is 17.4 Å². The van der Waals surface area contributed by atoms with Crippen molar-refractivity contribution in [2.75, 3.05) is 0 Å². The molecule has 1 atom stereocenters. The van der Waals surface area contributed by atoms with Crippen molar-refractivity contribution in [2.24, 2.45) is 0 Å². The molecule has 0 fully saturated rings. The summed E-state index contributed by atoms with van der Waals surface area (Å²) in [5.41, 5.74) is 1.11. The monoisotopic (exact) mass is 255 g/mol. The third-order valence-corrected chi connectivity index (χ3v) is 3.18. The van der Waals surface area contributed by atoms with Crippen LogP contribution in [0.25, 0.3) is 0 Å². The zero-order valence-corrected chi connectivity index (χ0v) is 9.97. The zero-order valence-electron chi connectivity index (χ0n) is 9.15. The Morgan fingerprint density at radius 2 is 2.12 bits per heavy atom. The predicted molar refractivity (Wildman–Crippen MR) is 61.9 cm³/mol. The first-order chi connectivity index (χ1) is 8.06. The molecular weight excluding hydrogens is 244 g/mol. The normalized spacial score (nSPS) is 12.7. The number of aliphatic hydroxyl groups is 1. The fourth-order valence-electron chi connectivity index (χ4n) is 1.53. The average molecular weight is 255 g/mol. The minimum absolute atomic E-state index is 0.223. The van der Waals surface area contributed by atoms with E-state index in [4.69, 9.17) is 0 Å². The summed E-state index contributed by atoms with van der Waals surface area (Å²) in [7, 11) is 0. The number of hydrogen-bond donors (Lipinski definition) is 1. The first-order valence-electron chi connectivity index (χ1n) is 5.10. The standard InChI is InChI=1S/C12H11F2NOS/c1-7-15-11(6-17-7)12(16)5-8-2-3-9(13)10(14)4-8/h2-4,6,12,16H,5H2,1H3. The van der Waals surface area contributed by atoms with Crippen LogP contribution in [-0.4, -0.2) is 10.1 Å². The van der Waals surface area contributed by atoms with Gasteiger partial charge in [0.25, 0.3) is 0 Å². The Hall–Kier alpha value is -1.33. The summed E-state index contributed by atoms with van der Waals surface area (Å²) in [6, 6.07) is 3.61. The maximum absolute atomic E-state index is 13.0. The highest BCUT2D eigenvalue weighted by Gasteiger charge is 2.13. The third-order valence-electron chi connectivity index (χ3n) is 2.39. The molecule has 2 aromatic rings. The molecule has 0 saturated carbocycles. The van der Waals surface area contributed by atoms with E-state index in [-0.39, 0.29) is 6.42 Å². The van der Waals surface area contributed by atoms with E-state index in [0.29, 0.717) is 11.3 Å². The first-order valence-corrected chi connectivity index (χ1v) is 5.98. The summed E-state index contributed by atoms with van der Waals surface area (Å²) in [6.07, 6.45) is -0.565. The predicted octanol–water partition coefficient (Wildman–Crippen LogP) is 3.01. The van der Waals surface area contributed by atoms with Gasteiger partial charge in [-0.2, -0.15) is 0 Å². The smallest absolute Gasteiger partial charge is 0.159 e. The molecule has 1 N–H and O–H groups in total. The average Bonchev–Trinajstić information content (AvgIpc) is 2.70. The molecule has 1 aromatic carbocycles. The van der Waals surface area contributed by atoms with Crippen molar-refractivity contribution in [3.05, 3.63) is 51.5 Å². The van der Waals surface area contributed by atoms with Crippen molar-refractivity contribution >= 4 is 11.3 Å². The van der Waals surface area contributed by atoms with Crippen LogP contribution in [0.2, 0.25) is 0 Å². The van der Waals surface area contributed by atoms with Crippen LogP contribution in [0.15, 0.2) is 23.6 Å². The first kappa shape index (κ1) is 12.1. The Bertz CT molecular complexity index is 527. The van der Waals surface area contributed by atoms with E-state index in [2.05, 4.69) is 4.98 Å². The second-order valence-electron chi connectivity index (χ2n) is 3.76. The van der Waals surface area contributed by atoms with Crippen molar-refractivity contribution in [3.8, 4) is 0 Å².